The summed E-state index contributed by atoms with van der Waals surface area (Å²) in [5.74, 6) is -0.776. The first-order valence-electron chi connectivity index (χ1n) is 6.27. The molecule has 118 valence electrons. The molecular weight excluding hydrogens is 306 g/mol. The maximum atomic E-state index is 11.8. The molecule has 0 saturated heterocycles. The Labute approximate surface area is 124 Å². The number of thiazole rings is 1. The number of rotatable bonds is 9. The van der Waals surface area contributed by atoms with Crippen LogP contribution in [0.2, 0.25) is 0 Å². The Morgan fingerprint density at radius 2 is 2.24 bits per heavy atom. The summed E-state index contributed by atoms with van der Waals surface area (Å²) >= 11 is 1.17. The molecule has 0 saturated carbocycles. The number of aromatic nitrogens is 1. The van der Waals surface area contributed by atoms with Gasteiger partial charge < -0.3 is 14.8 Å². The molecule has 1 rings (SSSR count). The van der Waals surface area contributed by atoms with Gasteiger partial charge in [0.1, 0.15) is 6.61 Å². The number of carbonyl (C=O) groups excluding carboxylic acids is 2. The molecule has 0 unspecified atom stereocenters. The summed E-state index contributed by atoms with van der Waals surface area (Å²) in [6.07, 6.45) is -2.55. The van der Waals surface area contributed by atoms with E-state index in [4.69, 9.17) is 4.74 Å². The van der Waals surface area contributed by atoms with Gasteiger partial charge in [0.2, 0.25) is 5.91 Å². The SMILES string of the molecule is CCOC(=O)Cc1csc(NC(=O)CCOCC(F)F)n1. The van der Waals surface area contributed by atoms with Gasteiger partial charge in [-0.05, 0) is 6.92 Å². The third-order valence-electron chi connectivity index (χ3n) is 2.15. The number of esters is 1. The summed E-state index contributed by atoms with van der Waals surface area (Å²) in [6.45, 7) is 1.23. The fourth-order valence-electron chi connectivity index (χ4n) is 1.32. The third kappa shape index (κ3) is 7.66. The Bertz CT molecular complexity index is 468. The average Bonchev–Trinajstić information content (AvgIpc) is 2.82. The van der Waals surface area contributed by atoms with Crippen LogP contribution in [0.25, 0.3) is 0 Å². The van der Waals surface area contributed by atoms with Crippen LogP contribution in [0.4, 0.5) is 13.9 Å². The maximum absolute atomic E-state index is 11.8. The summed E-state index contributed by atoms with van der Waals surface area (Å²) in [5.41, 5.74) is 0.503. The minimum absolute atomic E-state index is 0.0394. The number of hydrogen-bond acceptors (Lipinski definition) is 6. The fraction of sp³-hybridized carbons (Fsp3) is 0.583. The molecule has 0 radical (unpaired) electrons. The minimum Gasteiger partial charge on any atom is -0.466 e. The Kier molecular flexibility index (Phi) is 7.76. The van der Waals surface area contributed by atoms with Crippen LogP contribution in [0.5, 0.6) is 0 Å². The van der Waals surface area contributed by atoms with Gasteiger partial charge >= 0.3 is 5.97 Å². The van der Waals surface area contributed by atoms with E-state index in [9.17, 15) is 18.4 Å². The summed E-state index contributed by atoms with van der Waals surface area (Å²) < 4.78 is 33.0. The van der Waals surface area contributed by atoms with Crippen molar-refractivity contribution in [1.82, 2.24) is 4.98 Å². The van der Waals surface area contributed by atoms with E-state index in [2.05, 4.69) is 15.0 Å². The number of amides is 1. The van der Waals surface area contributed by atoms with E-state index in [0.717, 1.165) is 0 Å². The molecule has 0 aliphatic heterocycles. The molecule has 6 nitrogen and oxygen atoms in total. The number of carbonyl (C=O) groups is 2. The lowest BCUT2D eigenvalue weighted by atomic mass is 10.3. The van der Waals surface area contributed by atoms with Crippen molar-refractivity contribution >= 4 is 28.3 Å². The summed E-state index contributed by atoms with van der Waals surface area (Å²) in [5, 5.41) is 4.48. The van der Waals surface area contributed by atoms with E-state index in [1.54, 1.807) is 12.3 Å². The molecule has 9 heteroatoms. The van der Waals surface area contributed by atoms with Crippen LogP contribution in [0.15, 0.2) is 5.38 Å². The van der Waals surface area contributed by atoms with Crippen molar-refractivity contribution < 1.29 is 27.8 Å². The van der Waals surface area contributed by atoms with Crippen LogP contribution in [-0.4, -0.2) is 43.1 Å². The first-order valence-corrected chi connectivity index (χ1v) is 7.15. The summed E-state index contributed by atoms with van der Waals surface area (Å²) in [4.78, 5) is 26.8. The maximum Gasteiger partial charge on any atom is 0.311 e. The van der Waals surface area contributed by atoms with Gasteiger partial charge in [0.05, 0.1) is 31.7 Å². The van der Waals surface area contributed by atoms with Gasteiger partial charge in [0, 0.05) is 5.38 Å². The van der Waals surface area contributed by atoms with E-state index in [1.807, 2.05) is 0 Å². The molecule has 0 aliphatic carbocycles. The highest BCUT2D eigenvalue weighted by Crippen LogP contribution is 2.16. The molecule has 1 aromatic heterocycles. The van der Waals surface area contributed by atoms with Gasteiger partial charge in [-0.15, -0.1) is 11.3 Å². The van der Waals surface area contributed by atoms with Crippen molar-refractivity contribution in [1.29, 1.82) is 0 Å². The quantitative estimate of drug-likeness (QED) is 0.555. The van der Waals surface area contributed by atoms with E-state index in [1.165, 1.54) is 11.3 Å². The summed E-state index contributed by atoms with van der Waals surface area (Å²) in [6, 6.07) is 0. The highest BCUT2D eigenvalue weighted by atomic mass is 32.1. The second-order valence-electron chi connectivity index (χ2n) is 3.89. The zero-order valence-electron chi connectivity index (χ0n) is 11.4. The Morgan fingerprint density at radius 3 is 2.90 bits per heavy atom. The zero-order valence-corrected chi connectivity index (χ0v) is 12.3. The van der Waals surface area contributed by atoms with Crippen molar-refractivity contribution in [3.63, 3.8) is 0 Å². The van der Waals surface area contributed by atoms with Crippen LogP contribution < -0.4 is 5.32 Å². The zero-order chi connectivity index (χ0) is 15.7. The molecular formula is C12H16F2N2O4S. The molecule has 21 heavy (non-hydrogen) atoms. The molecule has 1 N–H and O–H groups in total. The number of nitrogens with one attached hydrogen (secondary N) is 1. The molecule has 1 heterocycles. The highest BCUT2D eigenvalue weighted by Gasteiger charge is 2.10. The first-order chi connectivity index (χ1) is 10.0. The normalized spacial score (nSPS) is 10.7. The van der Waals surface area contributed by atoms with Gasteiger partial charge in [0.25, 0.3) is 6.43 Å². The standard InChI is InChI=1S/C12H16F2N2O4S/c1-2-20-11(18)5-8-7-21-12(15-8)16-10(17)3-4-19-6-9(13)14/h7,9H,2-6H2,1H3,(H,15,16,17). The van der Waals surface area contributed by atoms with Crippen molar-refractivity contribution in [2.45, 2.75) is 26.2 Å². The highest BCUT2D eigenvalue weighted by molar-refractivity contribution is 7.13. The van der Waals surface area contributed by atoms with Crippen molar-refractivity contribution in [2.75, 3.05) is 25.1 Å². The number of hydrogen-bond donors (Lipinski definition) is 1. The average molecular weight is 322 g/mol. The Morgan fingerprint density at radius 1 is 1.48 bits per heavy atom. The topological polar surface area (TPSA) is 77.5 Å². The molecule has 1 aromatic rings. The second kappa shape index (κ2) is 9.35. The van der Waals surface area contributed by atoms with E-state index in [0.29, 0.717) is 17.4 Å². The van der Waals surface area contributed by atoms with Crippen LogP contribution in [0.1, 0.15) is 19.0 Å². The largest absolute Gasteiger partial charge is 0.466 e. The van der Waals surface area contributed by atoms with Crippen LogP contribution in [0, 0.1) is 0 Å². The number of alkyl halides is 2. The predicted molar refractivity (Wildman–Crippen MR) is 72.5 cm³/mol. The lowest BCUT2D eigenvalue weighted by Crippen LogP contribution is -2.15. The van der Waals surface area contributed by atoms with Gasteiger partial charge in [-0.2, -0.15) is 0 Å². The number of anilines is 1. The lowest BCUT2D eigenvalue weighted by Gasteiger charge is -2.03. The van der Waals surface area contributed by atoms with Gasteiger partial charge in [-0.1, -0.05) is 0 Å². The van der Waals surface area contributed by atoms with E-state index < -0.39 is 13.0 Å². The molecule has 0 bridgehead atoms. The van der Waals surface area contributed by atoms with Crippen molar-refractivity contribution in [2.24, 2.45) is 0 Å². The van der Waals surface area contributed by atoms with Crippen molar-refractivity contribution in [3.8, 4) is 0 Å². The fourth-order valence-corrected chi connectivity index (χ4v) is 2.05. The van der Waals surface area contributed by atoms with Crippen LogP contribution in [-0.2, 0) is 25.5 Å². The predicted octanol–water partition coefficient (Wildman–Crippen LogP) is 1.86. The van der Waals surface area contributed by atoms with Crippen LogP contribution in [0.3, 0.4) is 0 Å². The Balaban J connectivity index is 2.30. The smallest absolute Gasteiger partial charge is 0.311 e. The number of halogens is 2. The minimum atomic E-state index is -2.54. The molecule has 0 atom stereocenters. The van der Waals surface area contributed by atoms with Crippen LogP contribution >= 0.6 is 11.3 Å². The van der Waals surface area contributed by atoms with E-state index in [-0.39, 0.29) is 31.3 Å². The van der Waals surface area contributed by atoms with Gasteiger partial charge in [-0.25, -0.2) is 13.8 Å². The molecule has 0 spiro atoms. The molecule has 0 aromatic carbocycles. The molecule has 1 amide bonds. The summed E-state index contributed by atoms with van der Waals surface area (Å²) in [7, 11) is 0. The van der Waals surface area contributed by atoms with E-state index >= 15 is 0 Å². The van der Waals surface area contributed by atoms with Gasteiger partial charge in [-0.3, -0.25) is 9.59 Å². The third-order valence-corrected chi connectivity index (χ3v) is 2.95. The molecule has 0 aliphatic rings. The van der Waals surface area contributed by atoms with Gasteiger partial charge in [0.15, 0.2) is 5.13 Å². The number of ether oxygens (including phenoxy) is 2. The monoisotopic (exact) mass is 322 g/mol. The Hall–Kier alpha value is -1.61. The second-order valence-corrected chi connectivity index (χ2v) is 4.75. The lowest BCUT2D eigenvalue weighted by molar-refractivity contribution is -0.142. The first kappa shape index (κ1) is 17.4. The van der Waals surface area contributed by atoms with Crippen molar-refractivity contribution in [3.05, 3.63) is 11.1 Å². The molecule has 0 fully saturated rings. The number of nitrogens with zero attached hydrogens (tertiary/aromatic N) is 1.